The summed E-state index contributed by atoms with van der Waals surface area (Å²) < 4.78 is 48.5. The van der Waals surface area contributed by atoms with E-state index in [2.05, 4.69) is 9.94 Å². The lowest BCUT2D eigenvalue weighted by Crippen LogP contribution is -2.29. The largest absolute Gasteiger partial charge is 0.282 e. The van der Waals surface area contributed by atoms with Crippen molar-refractivity contribution in [1.29, 1.82) is 0 Å². The van der Waals surface area contributed by atoms with E-state index in [1.807, 2.05) is 0 Å². The van der Waals surface area contributed by atoms with Crippen LogP contribution in [0.15, 0.2) is 12.3 Å². The second-order valence-corrected chi connectivity index (χ2v) is 2.97. The molecule has 0 bridgehead atoms. The Morgan fingerprint density at radius 2 is 2.18 bits per heavy atom. The van der Waals surface area contributed by atoms with Gasteiger partial charge in [-0.2, -0.15) is 5.10 Å². The van der Waals surface area contributed by atoms with Gasteiger partial charge in [-0.15, -0.1) is 0 Å². The molecule has 0 unspecified atom stereocenters. The fraction of sp³-hybridized carbons (Fsp3) is 0.500. The van der Waals surface area contributed by atoms with Gasteiger partial charge in [-0.1, -0.05) is 0 Å². The van der Waals surface area contributed by atoms with Gasteiger partial charge in [-0.25, -0.2) is 23.0 Å². The third kappa shape index (κ3) is 4.81. The van der Waals surface area contributed by atoms with Gasteiger partial charge in [-0.05, 0) is 6.07 Å². The SMILES string of the molecule is O=C(Cn1ccc(C(F)F)n1)NOCC(F)F. The van der Waals surface area contributed by atoms with E-state index in [9.17, 15) is 22.4 Å². The summed E-state index contributed by atoms with van der Waals surface area (Å²) in [6, 6.07) is 1.05. The van der Waals surface area contributed by atoms with Gasteiger partial charge in [0.25, 0.3) is 18.8 Å². The minimum Gasteiger partial charge on any atom is -0.271 e. The van der Waals surface area contributed by atoms with Crippen LogP contribution in [0.3, 0.4) is 0 Å². The zero-order valence-electron chi connectivity index (χ0n) is 8.45. The van der Waals surface area contributed by atoms with Gasteiger partial charge in [0.05, 0.1) is 0 Å². The fourth-order valence-corrected chi connectivity index (χ4v) is 0.946. The summed E-state index contributed by atoms with van der Waals surface area (Å²) in [7, 11) is 0. The number of hydroxylamine groups is 1. The Morgan fingerprint density at radius 1 is 1.47 bits per heavy atom. The first-order chi connectivity index (χ1) is 7.99. The highest BCUT2D eigenvalue weighted by molar-refractivity contribution is 5.74. The van der Waals surface area contributed by atoms with E-state index in [1.54, 1.807) is 5.48 Å². The Bertz CT molecular complexity index is 369. The predicted octanol–water partition coefficient (Wildman–Crippen LogP) is 1.13. The lowest BCUT2D eigenvalue weighted by molar-refractivity contribution is -0.137. The molecule has 1 amide bonds. The maximum atomic E-state index is 12.1. The van der Waals surface area contributed by atoms with Crippen molar-refractivity contribution in [3.63, 3.8) is 0 Å². The lowest BCUT2D eigenvalue weighted by Gasteiger charge is -2.05. The Hall–Kier alpha value is -1.64. The summed E-state index contributed by atoms with van der Waals surface area (Å²) in [6.45, 7) is -1.33. The lowest BCUT2D eigenvalue weighted by atomic mass is 10.5. The summed E-state index contributed by atoms with van der Waals surface area (Å²) in [5.74, 6) is -0.769. The molecule has 5 nitrogen and oxygen atoms in total. The highest BCUT2D eigenvalue weighted by Gasteiger charge is 2.12. The van der Waals surface area contributed by atoms with E-state index in [1.165, 1.54) is 6.20 Å². The van der Waals surface area contributed by atoms with Gasteiger partial charge in [-0.3, -0.25) is 14.3 Å². The molecule has 17 heavy (non-hydrogen) atoms. The van der Waals surface area contributed by atoms with E-state index in [0.29, 0.717) is 0 Å². The fourth-order valence-electron chi connectivity index (χ4n) is 0.946. The number of rotatable bonds is 6. The van der Waals surface area contributed by atoms with Crippen LogP contribution in [0.2, 0.25) is 0 Å². The number of alkyl halides is 4. The summed E-state index contributed by atoms with van der Waals surface area (Å²) >= 11 is 0. The maximum absolute atomic E-state index is 12.1. The van der Waals surface area contributed by atoms with Crippen molar-refractivity contribution in [3.8, 4) is 0 Å². The Morgan fingerprint density at radius 3 is 2.71 bits per heavy atom. The maximum Gasteiger partial charge on any atom is 0.282 e. The summed E-state index contributed by atoms with van der Waals surface area (Å²) in [5.41, 5.74) is 1.27. The number of carbonyl (C=O) groups is 1. The van der Waals surface area contributed by atoms with Gasteiger partial charge in [0.15, 0.2) is 0 Å². The molecule has 1 heterocycles. The van der Waals surface area contributed by atoms with Crippen LogP contribution >= 0.6 is 0 Å². The topological polar surface area (TPSA) is 56.2 Å². The van der Waals surface area contributed by atoms with E-state index in [0.717, 1.165) is 10.7 Å². The third-order valence-electron chi connectivity index (χ3n) is 1.59. The van der Waals surface area contributed by atoms with Gasteiger partial charge >= 0.3 is 0 Å². The molecule has 0 radical (unpaired) electrons. The molecular formula is C8H9F4N3O2. The van der Waals surface area contributed by atoms with Gasteiger partial charge in [0.2, 0.25) is 0 Å². The highest BCUT2D eigenvalue weighted by Crippen LogP contribution is 2.15. The molecule has 0 fully saturated rings. The van der Waals surface area contributed by atoms with Gasteiger partial charge < -0.3 is 0 Å². The second kappa shape index (κ2) is 6.18. The van der Waals surface area contributed by atoms with Crippen LogP contribution in [0.1, 0.15) is 12.1 Å². The standard InChI is InChI=1S/C8H9F4N3O2/c9-6(10)4-17-14-7(16)3-15-2-1-5(13-15)8(11)12/h1-2,6,8H,3-4H2,(H,14,16). The van der Waals surface area contributed by atoms with Crippen LogP contribution in [0.5, 0.6) is 0 Å². The molecule has 1 N–H and O–H groups in total. The normalized spacial score (nSPS) is 11.2. The molecule has 0 atom stereocenters. The van der Waals surface area contributed by atoms with Crippen molar-refractivity contribution in [2.24, 2.45) is 0 Å². The number of hydrogen-bond donors (Lipinski definition) is 1. The van der Waals surface area contributed by atoms with Gasteiger partial charge in [0, 0.05) is 6.20 Å². The number of carbonyl (C=O) groups excluding carboxylic acids is 1. The highest BCUT2D eigenvalue weighted by atomic mass is 19.3. The molecule has 0 aromatic carbocycles. The molecule has 1 aromatic rings. The number of hydrogen-bond acceptors (Lipinski definition) is 3. The van der Waals surface area contributed by atoms with E-state index >= 15 is 0 Å². The summed E-state index contributed by atoms with van der Waals surface area (Å²) in [6.07, 6.45) is -4.26. The molecule has 1 rings (SSSR count). The Labute approximate surface area is 93.3 Å². The van der Waals surface area contributed by atoms with Crippen molar-refractivity contribution in [3.05, 3.63) is 18.0 Å². The molecular weight excluding hydrogens is 246 g/mol. The van der Waals surface area contributed by atoms with Crippen molar-refractivity contribution in [2.45, 2.75) is 19.4 Å². The molecule has 9 heteroatoms. The quantitative estimate of drug-likeness (QED) is 0.612. The molecule has 0 spiro atoms. The van der Waals surface area contributed by atoms with E-state index in [-0.39, 0.29) is 0 Å². The molecule has 0 aliphatic rings. The molecule has 0 saturated heterocycles. The van der Waals surface area contributed by atoms with E-state index < -0.39 is 37.6 Å². The number of nitrogens with one attached hydrogen (secondary N) is 1. The van der Waals surface area contributed by atoms with Crippen molar-refractivity contribution in [1.82, 2.24) is 15.3 Å². The van der Waals surface area contributed by atoms with Crippen molar-refractivity contribution < 1.29 is 27.2 Å². The zero-order chi connectivity index (χ0) is 12.8. The second-order valence-electron chi connectivity index (χ2n) is 2.97. The molecule has 96 valence electrons. The van der Waals surface area contributed by atoms with E-state index in [4.69, 9.17) is 0 Å². The number of nitrogens with zero attached hydrogens (tertiary/aromatic N) is 2. The van der Waals surface area contributed by atoms with Crippen LogP contribution in [-0.2, 0) is 16.2 Å². The van der Waals surface area contributed by atoms with Crippen molar-refractivity contribution in [2.75, 3.05) is 6.61 Å². The minimum absolute atomic E-state index is 0.393. The molecule has 0 saturated carbocycles. The Kier molecular flexibility index (Phi) is 4.88. The molecule has 1 aromatic heterocycles. The van der Waals surface area contributed by atoms with Crippen LogP contribution in [0.25, 0.3) is 0 Å². The molecule has 0 aliphatic heterocycles. The summed E-state index contributed by atoms with van der Waals surface area (Å²) in [4.78, 5) is 15.2. The average molecular weight is 255 g/mol. The first-order valence-electron chi connectivity index (χ1n) is 4.49. The van der Waals surface area contributed by atoms with Crippen molar-refractivity contribution >= 4 is 5.91 Å². The number of halogens is 4. The monoisotopic (exact) mass is 255 g/mol. The average Bonchev–Trinajstić information content (AvgIpc) is 2.65. The Balaban J connectivity index is 2.34. The van der Waals surface area contributed by atoms with Gasteiger partial charge in [0.1, 0.15) is 18.8 Å². The van der Waals surface area contributed by atoms with Crippen LogP contribution in [0.4, 0.5) is 17.6 Å². The first-order valence-corrected chi connectivity index (χ1v) is 4.49. The van der Waals surface area contributed by atoms with Crippen LogP contribution in [0, 0.1) is 0 Å². The van der Waals surface area contributed by atoms with Crippen LogP contribution in [-0.4, -0.2) is 28.7 Å². The predicted molar refractivity (Wildman–Crippen MR) is 47.3 cm³/mol. The third-order valence-corrected chi connectivity index (χ3v) is 1.59. The molecule has 0 aliphatic carbocycles. The smallest absolute Gasteiger partial charge is 0.271 e. The number of aromatic nitrogens is 2. The summed E-state index contributed by atoms with van der Waals surface area (Å²) in [5, 5.41) is 3.40. The number of amides is 1. The zero-order valence-corrected chi connectivity index (χ0v) is 8.45. The first kappa shape index (κ1) is 13.4. The minimum atomic E-state index is -2.73. The van der Waals surface area contributed by atoms with Crippen LogP contribution < -0.4 is 5.48 Å².